The van der Waals surface area contributed by atoms with Crippen molar-refractivity contribution in [3.63, 3.8) is 0 Å². The number of morpholine rings is 1. The predicted octanol–water partition coefficient (Wildman–Crippen LogP) is 1.21. The fourth-order valence-electron chi connectivity index (χ4n) is 3.41. The van der Waals surface area contributed by atoms with Crippen molar-refractivity contribution in [3.8, 4) is 0 Å². The van der Waals surface area contributed by atoms with Gasteiger partial charge in [0.2, 0.25) is 5.91 Å². The first kappa shape index (κ1) is 19.6. The molecular weight excluding hydrogens is 390 g/mol. The SMILES string of the molecule is CN(Cc1cscn1)C(=O)Cn1nnnc1C(c1ccccc1)N1CCOCC1. The van der Waals surface area contributed by atoms with Crippen molar-refractivity contribution in [1.82, 2.24) is 35.0 Å². The van der Waals surface area contributed by atoms with Gasteiger partial charge in [-0.15, -0.1) is 16.4 Å². The molecule has 1 aliphatic rings. The van der Waals surface area contributed by atoms with E-state index in [-0.39, 0.29) is 18.5 Å². The molecule has 3 aromatic rings. The molecule has 0 aliphatic carbocycles. The smallest absolute Gasteiger partial charge is 0.244 e. The molecule has 2 aromatic heterocycles. The summed E-state index contributed by atoms with van der Waals surface area (Å²) in [7, 11) is 1.77. The van der Waals surface area contributed by atoms with Crippen molar-refractivity contribution >= 4 is 17.2 Å². The number of likely N-dealkylation sites (N-methyl/N-ethyl adjacent to an activating group) is 1. The highest BCUT2D eigenvalue weighted by atomic mass is 32.1. The molecule has 3 heterocycles. The zero-order valence-corrected chi connectivity index (χ0v) is 17.0. The van der Waals surface area contributed by atoms with Crippen LogP contribution in [0, 0.1) is 0 Å². The minimum Gasteiger partial charge on any atom is -0.379 e. The Morgan fingerprint density at radius 3 is 2.79 bits per heavy atom. The summed E-state index contributed by atoms with van der Waals surface area (Å²) in [5.41, 5.74) is 3.73. The van der Waals surface area contributed by atoms with E-state index in [2.05, 4.69) is 37.5 Å². The lowest BCUT2D eigenvalue weighted by Gasteiger charge is -2.34. The van der Waals surface area contributed by atoms with Gasteiger partial charge in [0.05, 0.1) is 37.0 Å². The maximum absolute atomic E-state index is 12.8. The van der Waals surface area contributed by atoms with Crippen LogP contribution in [0.5, 0.6) is 0 Å². The van der Waals surface area contributed by atoms with E-state index in [9.17, 15) is 4.79 Å². The fraction of sp³-hybridized carbons (Fsp3) is 0.421. The summed E-state index contributed by atoms with van der Waals surface area (Å²) in [5, 5.41) is 14.2. The van der Waals surface area contributed by atoms with Crippen LogP contribution in [0.2, 0.25) is 0 Å². The summed E-state index contributed by atoms with van der Waals surface area (Å²) < 4.78 is 7.12. The van der Waals surface area contributed by atoms with E-state index in [1.165, 1.54) is 11.3 Å². The van der Waals surface area contributed by atoms with Crippen molar-refractivity contribution in [2.24, 2.45) is 0 Å². The number of carbonyl (C=O) groups excluding carboxylic acids is 1. The number of carbonyl (C=O) groups is 1. The Hall–Kier alpha value is -2.69. The first-order valence-corrected chi connectivity index (χ1v) is 10.4. The predicted molar refractivity (Wildman–Crippen MR) is 107 cm³/mol. The van der Waals surface area contributed by atoms with Gasteiger partial charge in [0.25, 0.3) is 0 Å². The maximum Gasteiger partial charge on any atom is 0.244 e. The van der Waals surface area contributed by atoms with Crippen LogP contribution < -0.4 is 0 Å². The number of benzene rings is 1. The standard InChI is InChI=1S/C19H23N7O2S/c1-24(11-16-13-29-14-20-16)17(27)12-26-19(21-22-23-26)18(15-5-3-2-4-6-15)25-7-9-28-10-8-25/h2-6,13-14,18H,7-12H2,1H3. The molecule has 1 saturated heterocycles. The monoisotopic (exact) mass is 413 g/mol. The summed E-state index contributed by atoms with van der Waals surface area (Å²) in [4.78, 5) is 21.0. The van der Waals surface area contributed by atoms with Gasteiger partial charge in [0.15, 0.2) is 5.82 Å². The molecule has 10 heteroatoms. The van der Waals surface area contributed by atoms with Crippen molar-refractivity contribution in [3.05, 3.63) is 58.3 Å². The lowest BCUT2D eigenvalue weighted by molar-refractivity contribution is -0.131. The molecule has 0 bridgehead atoms. The van der Waals surface area contributed by atoms with E-state index < -0.39 is 0 Å². The normalized spacial score (nSPS) is 15.9. The van der Waals surface area contributed by atoms with Crippen LogP contribution in [-0.4, -0.2) is 74.2 Å². The van der Waals surface area contributed by atoms with Crippen LogP contribution in [0.15, 0.2) is 41.2 Å². The fourth-order valence-corrected chi connectivity index (χ4v) is 3.96. The summed E-state index contributed by atoms with van der Waals surface area (Å²) in [6.45, 7) is 3.44. The number of tetrazole rings is 1. The number of hydrogen-bond donors (Lipinski definition) is 0. The third-order valence-corrected chi connectivity index (χ3v) is 5.56. The minimum absolute atomic E-state index is 0.0691. The lowest BCUT2D eigenvalue weighted by Crippen LogP contribution is -2.41. The van der Waals surface area contributed by atoms with Gasteiger partial charge >= 0.3 is 0 Å². The number of aromatic nitrogens is 5. The second-order valence-electron chi connectivity index (χ2n) is 6.89. The van der Waals surface area contributed by atoms with Gasteiger partial charge in [-0.1, -0.05) is 30.3 Å². The first-order chi connectivity index (χ1) is 14.2. The quantitative estimate of drug-likeness (QED) is 0.575. The van der Waals surface area contributed by atoms with Crippen LogP contribution in [0.4, 0.5) is 0 Å². The van der Waals surface area contributed by atoms with Crippen LogP contribution in [0.25, 0.3) is 0 Å². The van der Waals surface area contributed by atoms with E-state index >= 15 is 0 Å². The number of amides is 1. The highest BCUT2D eigenvalue weighted by molar-refractivity contribution is 7.07. The third-order valence-electron chi connectivity index (χ3n) is 4.92. The summed E-state index contributed by atoms with van der Waals surface area (Å²) in [6, 6.07) is 9.99. The lowest BCUT2D eigenvalue weighted by atomic mass is 10.0. The van der Waals surface area contributed by atoms with E-state index in [0.29, 0.717) is 25.6 Å². The second kappa shape index (κ2) is 9.21. The summed E-state index contributed by atoms with van der Waals surface area (Å²) in [5.74, 6) is 0.592. The van der Waals surface area contributed by atoms with Crippen LogP contribution in [-0.2, 0) is 22.6 Å². The van der Waals surface area contributed by atoms with Crippen LogP contribution in [0.1, 0.15) is 23.1 Å². The number of thiazole rings is 1. The van der Waals surface area contributed by atoms with Gasteiger partial charge in [0.1, 0.15) is 6.54 Å². The zero-order chi connectivity index (χ0) is 20.1. The van der Waals surface area contributed by atoms with Crippen molar-refractivity contribution in [2.45, 2.75) is 19.1 Å². The van der Waals surface area contributed by atoms with Crippen LogP contribution in [0.3, 0.4) is 0 Å². The van der Waals surface area contributed by atoms with E-state index in [1.807, 2.05) is 23.6 Å². The molecule has 152 valence electrons. The molecule has 29 heavy (non-hydrogen) atoms. The number of rotatable bonds is 7. The average molecular weight is 414 g/mol. The molecule has 1 amide bonds. The van der Waals surface area contributed by atoms with E-state index in [4.69, 9.17) is 4.74 Å². The molecule has 0 N–H and O–H groups in total. The van der Waals surface area contributed by atoms with E-state index in [0.717, 1.165) is 24.3 Å². The Bertz CT molecular complexity index is 910. The van der Waals surface area contributed by atoms with Crippen molar-refractivity contribution < 1.29 is 9.53 Å². The summed E-state index contributed by atoms with van der Waals surface area (Å²) in [6.07, 6.45) is 0. The second-order valence-corrected chi connectivity index (χ2v) is 7.60. The Kier molecular flexibility index (Phi) is 6.23. The molecule has 1 atom stereocenters. The molecule has 1 aromatic carbocycles. The number of hydrogen-bond acceptors (Lipinski definition) is 8. The van der Waals surface area contributed by atoms with Crippen molar-refractivity contribution in [1.29, 1.82) is 0 Å². The highest BCUT2D eigenvalue weighted by Gasteiger charge is 2.29. The van der Waals surface area contributed by atoms with Gasteiger partial charge in [-0.2, -0.15) is 0 Å². The first-order valence-electron chi connectivity index (χ1n) is 9.46. The Morgan fingerprint density at radius 2 is 2.07 bits per heavy atom. The topological polar surface area (TPSA) is 89.3 Å². The molecule has 4 rings (SSSR count). The molecule has 0 spiro atoms. The Labute approximate surface area is 172 Å². The Balaban J connectivity index is 1.55. The molecule has 9 nitrogen and oxygen atoms in total. The zero-order valence-electron chi connectivity index (χ0n) is 16.2. The Morgan fingerprint density at radius 1 is 1.28 bits per heavy atom. The molecule has 1 fully saturated rings. The van der Waals surface area contributed by atoms with Gasteiger partial charge in [-0.3, -0.25) is 9.69 Å². The van der Waals surface area contributed by atoms with Gasteiger partial charge in [-0.25, -0.2) is 9.67 Å². The number of ether oxygens (including phenoxy) is 1. The highest BCUT2D eigenvalue weighted by Crippen LogP contribution is 2.27. The van der Waals surface area contributed by atoms with Gasteiger partial charge < -0.3 is 9.64 Å². The maximum atomic E-state index is 12.8. The third kappa shape index (κ3) is 4.66. The largest absolute Gasteiger partial charge is 0.379 e. The molecule has 1 aliphatic heterocycles. The van der Waals surface area contributed by atoms with Crippen molar-refractivity contribution in [2.75, 3.05) is 33.4 Å². The molecule has 1 unspecified atom stereocenters. The van der Waals surface area contributed by atoms with Gasteiger partial charge in [-0.05, 0) is 16.0 Å². The average Bonchev–Trinajstić information content (AvgIpc) is 3.42. The number of nitrogens with zero attached hydrogens (tertiary/aromatic N) is 7. The van der Waals surface area contributed by atoms with E-state index in [1.54, 1.807) is 22.1 Å². The molecular formula is C19H23N7O2S. The van der Waals surface area contributed by atoms with Gasteiger partial charge in [0, 0.05) is 25.5 Å². The minimum atomic E-state index is -0.133. The summed E-state index contributed by atoms with van der Waals surface area (Å²) >= 11 is 1.52. The van der Waals surface area contributed by atoms with Crippen LogP contribution >= 0.6 is 11.3 Å². The molecule has 0 saturated carbocycles. The molecule has 0 radical (unpaired) electrons.